The summed E-state index contributed by atoms with van der Waals surface area (Å²) in [6, 6.07) is 68.0. The fraction of sp³-hybridized carbons (Fsp3) is 0.0755. The Hall–Kier alpha value is -6.97. The Bertz CT molecular complexity index is 2900. The smallest absolute Gasteiger partial charge is 0.164 e. The standard InChI is InChI=1S/C53H37N3/c1-52(2)45-26-13-14-27-47(45)53(43-24-11-9-21-39(43)40-22-10-12-25-44(40)53)48-33-38(30-31-46(48)52)37-29-28-34-20-15-23-41(42(34)32-37)51-55-49(35-16-5-3-6-17-35)54-50(56-51)36-18-7-4-8-19-36/h3-33H,1-2H3. The number of nitrogens with zero attached hydrogens (tertiary/aromatic N) is 3. The first-order valence-electron chi connectivity index (χ1n) is 19.4. The molecule has 2 aliphatic rings. The molecule has 2 aliphatic carbocycles. The van der Waals surface area contributed by atoms with E-state index in [9.17, 15) is 0 Å². The van der Waals surface area contributed by atoms with Gasteiger partial charge in [0.1, 0.15) is 0 Å². The maximum atomic E-state index is 5.12. The molecule has 0 saturated heterocycles. The summed E-state index contributed by atoms with van der Waals surface area (Å²) in [5.41, 5.74) is 15.4. The molecule has 3 nitrogen and oxygen atoms in total. The van der Waals surface area contributed by atoms with Gasteiger partial charge < -0.3 is 0 Å². The van der Waals surface area contributed by atoms with E-state index in [-0.39, 0.29) is 5.41 Å². The van der Waals surface area contributed by atoms with Gasteiger partial charge in [0.2, 0.25) is 0 Å². The highest BCUT2D eigenvalue weighted by Gasteiger charge is 2.53. The Morgan fingerprint density at radius 2 is 0.804 bits per heavy atom. The lowest BCUT2D eigenvalue weighted by Gasteiger charge is -2.46. The van der Waals surface area contributed by atoms with Gasteiger partial charge in [-0.1, -0.05) is 190 Å². The van der Waals surface area contributed by atoms with Crippen LogP contribution in [0.2, 0.25) is 0 Å². The fourth-order valence-electron chi connectivity index (χ4n) is 9.62. The maximum absolute atomic E-state index is 5.12. The number of aromatic nitrogens is 3. The topological polar surface area (TPSA) is 38.7 Å². The molecular formula is C53H37N3. The van der Waals surface area contributed by atoms with Crippen LogP contribution in [-0.2, 0) is 10.8 Å². The zero-order valence-electron chi connectivity index (χ0n) is 31.2. The van der Waals surface area contributed by atoms with Crippen molar-refractivity contribution in [2.45, 2.75) is 24.7 Å². The van der Waals surface area contributed by atoms with Gasteiger partial charge in [0.15, 0.2) is 17.5 Å². The SMILES string of the molecule is CC1(C)c2ccccc2C2(c3ccccc3-c3ccccc32)c2cc(-c3ccc4cccc(-c5nc(-c6ccccc6)nc(-c6ccccc6)n5)c4c3)ccc21. The van der Waals surface area contributed by atoms with Crippen molar-refractivity contribution in [3.05, 3.63) is 221 Å². The fourth-order valence-corrected chi connectivity index (χ4v) is 9.62. The number of benzene rings is 8. The van der Waals surface area contributed by atoms with E-state index in [1.807, 2.05) is 36.4 Å². The molecule has 0 amide bonds. The predicted molar refractivity (Wildman–Crippen MR) is 229 cm³/mol. The quantitative estimate of drug-likeness (QED) is 0.182. The van der Waals surface area contributed by atoms with Gasteiger partial charge in [0.05, 0.1) is 5.41 Å². The molecule has 0 fully saturated rings. The van der Waals surface area contributed by atoms with Gasteiger partial charge in [-0.3, -0.25) is 0 Å². The van der Waals surface area contributed by atoms with E-state index in [0.29, 0.717) is 17.5 Å². The van der Waals surface area contributed by atoms with Crippen molar-refractivity contribution >= 4 is 10.8 Å². The van der Waals surface area contributed by atoms with Crippen molar-refractivity contribution < 1.29 is 0 Å². The van der Waals surface area contributed by atoms with Crippen LogP contribution in [-0.4, -0.2) is 15.0 Å². The van der Waals surface area contributed by atoms with Crippen molar-refractivity contribution in [1.29, 1.82) is 0 Å². The molecule has 1 spiro atoms. The number of hydrogen-bond acceptors (Lipinski definition) is 3. The molecule has 1 heterocycles. The second kappa shape index (κ2) is 12.3. The Morgan fingerprint density at radius 3 is 1.45 bits per heavy atom. The van der Waals surface area contributed by atoms with Crippen LogP contribution in [0.3, 0.4) is 0 Å². The summed E-state index contributed by atoms with van der Waals surface area (Å²) in [4.78, 5) is 15.2. The van der Waals surface area contributed by atoms with Gasteiger partial charge in [0, 0.05) is 22.1 Å². The van der Waals surface area contributed by atoms with Crippen molar-refractivity contribution in [2.24, 2.45) is 0 Å². The normalized spacial score (nSPS) is 14.2. The van der Waals surface area contributed by atoms with Gasteiger partial charge in [0.25, 0.3) is 0 Å². The summed E-state index contributed by atoms with van der Waals surface area (Å²) >= 11 is 0. The molecule has 3 heteroatoms. The van der Waals surface area contributed by atoms with Crippen LogP contribution in [0, 0.1) is 0 Å². The molecule has 8 aromatic carbocycles. The van der Waals surface area contributed by atoms with Crippen LogP contribution in [0.1, 0.15) is 47.2 Å². The third-order valence-corrected chi connectivity index (χ3v) is 12.2. The summed E-state index contributed by atoms with van der Waals surface area (Å²) in [7, 11) is 0. The zero-order chi connectivity index (χ0) is 37.4. The molecule has 0 aliphatic heterocycles. The average Bonchev–Trinajstić information content (AvgIpc) is 3.56. The van der Waals surface area contributed by atoms with Crippen LogP contribution in [0.25, 0.3) is 67.2 Å². The second-order valence-corrected chi connectivity index (χ2v) is 15.6. The van der Waals surface area contributed by atoms with Gasteiger partial charge in [-0.15, -0.1) is 0 Å². The third kappa shape index (κ3) is 4.67. The summed E-state index contributed by atoms with van der Waals surface area (Å²) < 4.78 is 0. The molecule has 0 N–H and O–H groups in total. The molecule has 56 heavy (non-hydrogen) atoms. The number of rotatable bonds is 4. The molecule has 264 valence electrons. The largest absolute Gasteiger partial charge is 0.208 e. The minimum Gasteiger partial charge on any atom is -0.208 e. The van der Waals surface area contributed by atoms with E-state index < -0.39 is 5.41 Å². The molecule has 0 saturated carbocycles. The van der Waals surface area contributed by atoms with Crippen LogP contribution in [0.4, 0.5) is 0 Å². The lowest BCUT2D eigenvalue weighted by molar-refractivity contribution is 0.563. The Balaban J connectivity index is 1.13. The molecule has 0 unspecified atom stereocenters. The van der Waals surface area contributed by atoms with Crippen LogP contribution < -0.4 is 0 Å². The third-order valence-electron chi connectivity index (χ3n) is 12.2. The lowest BCUT2D eigenvalue weighted by Crippen LogP contribution is -2.40. The van der Waals surface area contributed by atoms with E-state index >= 15 is 0 Å². The summed E-state index contributed by atoms with van der Waals surface area (Å²) in [5.74, 6) is 1.97. The van der Waals surface area contributed by atoms with E-state index in [4.69, 9.17) is 15.0 Å². The zero-order valence-corrected chi connectivity index (χ0v) is 31.2. The van der Waals surface area contributed by atoms with E-state index in [0.717, 1.165) is 33.0 Å². The molecular weight excluding hydrogens is 679 g/mol. The highest BCUT2D eigenvalue weighted by molar-refractivity contribution is 5.98. The number of fused-ring (bicyclic) bond motifs is 10. The highest BCUT2D eigenvalue weighted by atomic mass is 15.0. The van der Waals surface area contributed by atoms with Crippen LogP contribution in [0.5, 0.6) is 0 Å². The lowest BCUT2D eigenvalue weighted by atomic mass is 9.55. The van der Waals surface area contributed by atoms with Crippen molar-refractivity contribution in [3.8, 4) is 56.4 Å². The minimum atomic E-state index is -0.445. The van der Waals surface area contributed by atoms with Crippen molar-refractivity contribution in [2.75, 3.05) is 0 Å². The van der Waals surface area contributed by atoms with E-state index in [1.54, 1.807) is 0 Å². The van der Waals surface area contributed by atoms with Gasteiger partial charge in [-0.25, -0.2) is 15.0 Å². The van der Waals surface area contributed by atoms with Crippen LogP contribution >= 0.6 is 0 Å². The van der Waals surface area contributed by atoms with Gasteiger partial charge in [-0.2, -0.15) is 0 Å². The van der Waals surface area contributed by atoms with Crippen molar-refractivity contribution in [3.63, 3.8) is 0 Å². The molecule has 9 aromatic rings. The first-order chi connectivity index (χ1) is 27.5. The second-order valence-electron chi connectivity index (χ2n) is 15.6. The van der Waals surface area contributed by atoms with Crippen LogP contribution in [0.15, 0.2) is 188 Å². The van der Waals surface area contributed by atoms with Crippen molar-refractivity contribution in [1.82, 2.24) is 15.0 Å². The van der Waals surface area contributed by atoms with E-state index in [1.165, 1.54) is 50.1 Å². The summed E-state index contributed by atoms with van der Waals surface area (Å²) in [6.07, 6.45) is 0. The Morgan fingerprint density at radius 1 is 0.321 bits per heavy atom. The average molecular weight is 716 g/mol. The molecule has 0 bridgehead atoms. The summed E-state index contributed by atoms with van der Waals surface area (Å²) in [5, 5.41) is 2.24. The Labute approximate surface area is 327 Å². The molecule has 0 atom stereocenters. The molecule has 1 aromatic heterocycles. The number of hydrogen-bond donors (Lipinski definition) is 0. The Kier molecular flexibility index (Phi) is 7.11. The van der Waals surface area contributed by atoms with E-state index in [2.05, 4.69) is 166 Å². The molecule has 0 radical (unpaired) electrons. The molecule has 11 rings (SSSR count). The first-order valence-corrected chi connectivity index (χ1v) is 19.4. The maximum Gasteiger partial charge on any atom is 0.164 e. The monoisotopic (exact) mass is 715 g/mol. The first kappa shape index (κ1) is 32.5. The van der Waals surface area contributed by atoms with Gasteiger partial charge >= 0.3 is 0 Å². The predicted octanol–water partition coefficient (Wildman–Crippen LogP) is 12.7. The minimum absolute atomic E-state index is 0.190. The summed E-state index contributed by atoms with van der Waals surface area (Å²) in [6.45, 7) is 4.77. The van der Waals surface area contributed by atoms with Gasteiger partial charge in [-0.05, 0) is 78.5 Å². The highest BCUT2D eigenvalue weighted by Crippen LogP contribution is 2.62.